The Balaban J connectivity index is 2.30. The molecule has 4 heteroatoms. The summed E-state index contributed by atoms with van der Waals surface area (Å²) in [5.74, 6) is 0.220. The van der Waals surface area contributed by atoms with Crippen LogP contribution in [0, 0.1) is 0 Å². The van der Waals surface area contributed by atoms with Crippen LogP contribution in [0.1, 0.15) is 5.56 Å². The minimum Gasteiger partial charge on any atom is -0.508 e. The molecule has 0 radical (unpaired) electrons. The van der Waals surface area contributed by atoms with Crippen LogP contribution in [0.25, 0.3) is 5.47 Å². The number of phenolic OH excluding ortho intramolecular Hbond substituents is 1. The van der Waals surface area contributed by atoms with Gasteiger partial charge in [0.2, 0.25) is 0 Å². The number of hydrogen-bond acceptors (Lipinski definition) is 3. The predicted molar refractivity (Wildman–Crippen MR) is 50.0 cm³/mol. The van der Waals surface area contributed by atoms with Gasteiger partial charge in [0.25, 0.3) is 0 Å². The Labute approximate surface area is 76.4 Å². The maximum absolute atomic E-state index is 9.36. The maximum atomic E-state index is 9.36. The van der Waals surface area contributed by atoms with E-state index in [0.29, 0.717) is 6.61 Å². The molecular formula is C9H9BO3. The molecule has 0 fully saturated rings. The largest absolute Gasteiger partial charge is 0.508 e. The van der Waals surface area contributed by atoms with E-state index < -0.39 is 7.12 Å². The molecule has 13 heavy (non-hydrogen) atoms. The monoisotopic (exact) mass is 176 g/mol. The molecule has 0 aliphatic carbocycles. The second kappa shape index (κ2) is 3.24. The van der Waals surface area contributed by atoms with Gasteiger partial charge in [-0.25, -0.2) is 0 Å². The van der Waals surface area contributed by atoms with Gasteiger partial charge in [0.05, 0.1) is 6.61 Å². The van der Waals surface area contributed by atoms with Crippen LogP contribution in [0.5, 0.6) is 5.75 Å². The highest BCUT2D eigenvalue weighted by molar-refractivity contribution is 6.67. The van der Waals surface area contributed by atoms with Gasteiger partial charge in [-0.15, -0.1) is 0 Å². The lowest BCUT2D eigenvalue weighted by molar-refractivity contribution is 0.316. The first-order valence-corrected chi connectivity index (χ1v) is 4.06. The molecule has 2 N–H and O–H groups in total. The molecule has 1 aliphatic rings. The molecule has 0 atom stereocenters. The van der Waals surface area contributed by atoms with Crippen LogP contribution in [0.4, 0.5) is 0 Å². The lowest BCUT2D eigenvalue weighted by atomic mass is 9.76. The zero-order valence-corrected chi connectivity index (χ0v) is 6.97. The van der Waals surface area contributed by atoms with Crippen molar-refractivity contribution in [1.82, 2.24) is 0 Å². The Morgan fingerprint density at radius 2 is 1.92 bits per heavy atom. The van der Waals surface area contributed by atoms with Crippen LogP contribution in [0.2, 0.25) is 0 Å². The van der Waals surface area contributed by atoms with E-state index in [1.165, 1.54) is 0 Å². The molecule has 0 aromatic heterocycles. The molecule has 0 saturated heterocycles. The Hall–Kier alpha value is -1.26. The summed E-state index contributed by atoms with van der Waals surface area (Å²) in [6.45, 7) is 0.442. The molecule has 0 bridgehead atoms. The molecule has 1 heterocycles. The second-order valence-electron chi connectivity index (χ2n) is 2.89. The van der Waals surface area contributed by atoms with E-state index in [4.69, 9.17) is 9.76 Å². The first-order valence-electron chi connectivity index (χ1n) is 4.06. The topological polar surface area (TPSA) is 49.7 Å². The minimum atomic E-state index is -0.829. The number of rotatable bonds is 1. The van der Waals surface area contributed by atoms with Gasteiger partial charge in [0.1, 0.15) is 5.75 Å². The third-order valence-electron chi connectivity index (χ3n) is 2.02. The zero-order valence-electron chi connectivity index (χ0n) is 6.97. The third kappa shape index (κ3) is 1.59. The number of aromatic hydroxyl groups is 1. The Morgan fingerprint density at radius 3 is 2.46 bits per heavy atom. The van der Waals surface area contributed by atoms with E-state index in [-0.39, 0.29) is 5.75 Å². The van der Waals surface area contributed by atoms with Crippen molar-refractivity contribution in [3.63, 3.8) is 0 Å². The molecule has 0 saturated carbocycles. The van der Waals surface area contributed by atoms with Gasteiger partial charge in [0, 0.05) is 0 Å². The summed E-state index contributed by atoms with van der Waals surface area (Å²) in [6.07, 6.45) is 1.83. The Bertz CT molecular complexity index is 331. The molecule has 0 unspecified atom stereocenters. The summed E-state index contributed by atoms with van der Waals surface area (Å²) in [6, 6.07) is 6.67. The fourth-order valence-corrected chi connectivity index (χ4v) is 1.33. The van der Waals surface area contributed by atoms with E-state index in [9.17, 15) is 5.02 Å². The Kier molecular flexibility index (Phi) is 2.08. The first kappa shape index (κ1) is 8.35. The van der Waals surface area contributed by atoms with Gasteiger partial charge >= 0.3 is 7.12 Å². The molecule has 1 aromatic carbocycles. The van der Waals surface area contributed by atoms with Crippen molar-refractivity contribution < 1.29 is 14.8 Å². The lowest BCUT2D eigenvalue weighted by Crippen LogP contribution is -2.14. The van der Waals surface area contributed by atoms with E-state index in [0.717, 1.165) is 11.0 Å². The SMILES string of the molecule is OB1OCC=C1c1ccc(O)cc1. The van der Waals surface area contributed by atoms with Crippen molar-refractivity contribution in [3.05, 3.63) is 35.9 Å². The predicted octanol–water partition coefficient (Wildman–Crippen LogP) is 0.825. The van der Waals surface area contributed by atoms with Gasteiger partial charge < -0.3 is 14.8 Å². The fourth-order valence-electron chi connectivity index (χ4n) is 1.33. The van der Waals surface area contributed by atoms with Gasteiger partial charge in [-0.1, -0.05) is 18.2 Å². The van der Waals surface area contributed by atoms with Crippen molar-refractivity contribution in [2.45, 2.75) is 0 Å². The van der Waals surface area contributed by atoms with Crippen LogP contribution >= 0.6 is 0 Å². The molecule has 3 nitrogen and oxygen atoms in total. The van der Waals surface area contributed by atoms with Crippen molar-refractivity contribution in [2.75, 3.05) is 6.61 Å². The maximum Gasteiger partial charge on any atom is 0.491 e. The molecule has 66 valence electrons. The van der Waals surface area contributed by atoms with Crippen molar-refractivity contribution >= 4 is 12.6 Å². The van der Waals surface area contributed by atoms with Crippen LogP contribution in [0.3, 0.4) is 0 Å². The van der Waals surface area contributed by atoms with Crippen molar-refractivity contribution in [1.29, 1.82) is 0 Å². The Morgan fingerprint density at radius 1 is 1.23 bits per heavy atom. The van der Waals surface area contributed by atoms with Crippen LogP contribution in [-0.4, -0.2) is 23.9 Å². The molecule has 1 aliphatic heterocycles. The van der Waals surface area contributed by atoms with Crippen molar-refractivity contribution in [3.8, 4) is 5.75 Å². The van der Waals surface area contributed by atoms with E-state index >= 15 is 0 Å². The highest BCUT2D eigenvalue weighted by atomic mass is 16.5. The average Bonchev–Trinajstić information content (AvgIpc) is 2.53. The van der Waals surface area contributed by atoms with Crippen molar-refractivity contribution in [2.24, 2.45) is 0 Å². The molecule has 0 spiro atoms. The fraction of sp³-hybridized carbons (Fsp3) is 0.111. The van der Waals surface area contributed by atoms with Gasteiger partial charge in [-0.3, -0.25) is 0 Å². The zero-order chi connectivity index (χ0) is 9.26. The number of hydrogen-bond donors (Lipinski definition) is 2. The van der Waals surface area contributed by atoms with Gasteiger partial charge in [0.15, 0.2) is 0 Å². The van der Waals surface area contributed by atoms with E-state index in [2.05, 4.69) is 0 Å². The highest BCUT2D eigenvalue weighted by Gasteiger charge is 2.25. The third-order valence-corrected chi connectivity index (χ3v) is 2.02. The quantitative estimate of drug-likeness (QED) is 0.623. The van der Waals surface area contributed by atoms with Crippen LogP contribution < -0.4 is 0 Å². The lowest BCUT2D eigenvalue weighted by Gasteiger charge is -2.03. The summed E-state index contributed by atoms with van der Waals surface area (Å²) in [4.78, 5) is 0. The number of phenols is 1. The summed E-state index contributed by atoms with van der Waals surface area (Å²) in [7, 11) is -0.829. The van der Waals surface area contributed by atoms with E-state index in [1.54, 1.807) is 24.3 Å². The second-order valence-corrected chi connectivity index (χ2v) is 2.89. The van der Waals surface area contributed by atoms with E-state index in [1.807, 2.05) is 6.08 Å². The average molecular weight is 176 g/mol. The van der Waals surface area contributed by atoms with Gasteiger partial charge in [-0.2, -0.15) is 0 Å². The summed E-state index contributed by atoms with van der Waals surface area (Å²) < 4.78 is 4.95. The summed E-state index contributed by atoms with van der Waals surface area (Å²) >= 11 is 0. The van der Waals surface area contributed by atoms with Crippen LogP contribution in [-0.2, 0) is 4.65 Å². The molecule has 2 rings (SSSR count). The number of benzene rings is 1. The summed E-state index contributed by atoms with van der Waals surface area (Å²) in [5.41, 5.74) is 1.64. The minimum absolute atomic E-state index is 0.220. The highest BCUT2D eigenvalue weighted by Crippen LogP contribution is 2.22. The standard InChI is InChI=1S/C9H9BO3/c11-8-3-1-7(2-4-8)9-5-6-13-10(9)12/h1-5,11-12H,6H2. The normalized spacial score (nSPS) is 16.1. The van der Waals surface area contributed by atoms with Gasteiger partial charge in [-0.05, 0) is 23.2 Å². The first-order chi connectivity index (χ1) is 6.27. The molecule has 1 aromatic rings. The smallest absolute Gasteiger partial charge is 0.491 e. The molecular weight excluding hydrogens is 167 g/mol. The molecule has 0 amide bonds. The van der Waals surface area contributed by atoms with Crippen LogP contribution in [0.15, 0.2) is 30.3 Å². The summed E-state index contributed by atoms with van der Waals surface area (Å²) in [5, 5.41) is 18.4.